The van der Waals surface area contributed by atoms with Crippen LogP contribution in [0, 0.1) is 6.92 Å². The van der Waals surface area contributed by atoms with Crippen LogP contribution in [-0.4, -0.2) is 17.7 Å². The van der Waals surface area contributed by atoms with Crippen molar-refractivity contribution in [2.24, 2.45) is 0 Å². The number of furan rings is 1. The van der Waals surface area contributed by atoms with Crippen molar-refractivity contribution in [1.82, 2.24) is 9.29 Å². The molecule has 30 heavy (non-hydrogen) atoms. The van der Waals surface area contributed by atoms with Crippen LogP contribution in [0.2, 0.25) is 5.02 Å². The second kappa shape index (κ2) is 8.10. The van der Waals surface area contributed by atoms with Crippen molar-refractivity contribution < 1.29 is 12.8 Å². The molecule has 2 aromatic carbocycles. The standard InChI is InChI=1S/C22H19ClN2O4S/c1-15-8-9-20-16(11-15)12-17(22(26)24-20)13-25(14-18-5-4-10-29-18)30(27,28)21-7-3-2-6-19(21)23/h2-12H,13-14H2,1H3,(H,24,26). The lowest BCUT2D eigenvalue weighted by Gasteiger charge is -2.22. The van der Waals surface area contributed by atoms with Gasteiger partial charge in [-0.25, -0.2) is 8.42 Å². The van der Waals surface area contributed by atoms with Gasteiger partial charge in [0, 0.05) is 17.6 Å². The summed E-state index contributed by atoms with van der Waals surface area (Å²) in [5, 5.41) is 0.947. The van der Waals surface area contributed by atoms with E-state index >= 15 is 0 Å². The summed E-state index contributed by atoms with van der Waals surface area (Å²) < 4.78 is 33.3. The van der Waals surface area contributed by atoms with Crippen LogP contribution in [0.4, 0.5) is 0 Å². The van der Waals surface area contributed by atoms with E-state index in [1.54, 1.807) is 30.3 Å². The molecule has 0 atom stereocenters. The molecule has 8 heteroatoms. The van der Waals surface area contributed by atoms with Crippen molar-refractivity contribution in [2.75, 3.05) is 0 Å². The molecule has 2 heterocycles. The fourth-order valence-corrected chi connectivity index (χ4v) is 5.15. The van der Waals surface area contributed by atoms with E-state index in [1.807, 2.05) is 25.1 Å². The summed E-state index contributed by atoms with van der Waals surface area (Å²) in [7, 11) is -4.00. The number of hydrogen-bond donors (Lipinski definition) is 1. The predicted octanol–water partition coefficient (Wildman–Crippen LogP) is 4.47. The maximum atomic E-state index is 13.4. The van der Waals surface area contributed by atoms with E-state index in [2.05, 4.69) is 4.98 Å². The Labute approximate surface area is 178 Å². The minimum atomic E-state index is -4.00. The molecule has 0 aliphatic carbocycles. The highest BCUT2D eigenvalue weighted by atomic mass is 35.5. The fraction of sp³-hybridized carbons (Fsp3) is 0.136. The van der Waals surface area contributed by atoms with Crippen molar-refractivity contribution in [2.45, 2.75) is 24.9 Å². The molecule has 6 nitrogen and oxygen atoms in total. The lowest BCUT2D eigenvalue weighted by atomic mass is 10.1. The number of benzene rings is 2. The Balaban J connectivity index is 1.79. The van der Waals surface area contributed by atoms with Gasteiger partial charge in [0.1, 0.15) is 10.7 Å². The lowest BCUT2D eigenvalue weighted by Crippen LogP contribution is -2.32. The summed E-state index contributed by atoms with van der Waals surface area (Å²) >= 11 is 6.17. The number of sulfonamides is 1. The number of rotatable bonds is 6. The van der Waals surface area contributed by atoms with Crippen LogP contribution < -0.4 is 5.56 Å². The molecule has 0 saturated carbocycles. The van der Waals surface area contributed by atoms with Crippen LogP contribution in [-0.2, 0) is 23.1 Å². The van der Waals surface area contributed by atoms with Crippen LogP contribution in [0.1, 0.15) is 16.9 Å². The summed E-state index contributed by atoms with van der Waals surface area (Å²) in [5.41, 5.74) is 1.72. The molecule has 4 aromatic rings. The first-order valence-corrected chi connectivity index (χ1v) is 11.1. The van der Waals surface area contributed by atoms with Crippen LogP contribution in [0.25, 0.3) is 10.9 Å². The minimum Gasteiger partial charge on any atom is -0.468 e. The van der Waals surface area contributed by atoms with Crippen molar-refractivity contribution in [1.29, 1.82) is 0 Å². The Morgan fingerprint density at radius 2 is 1.83 bits per heavy atom. The number of hydrogen-bond acceptors (Lipinski definition) is 4. The summed E-state index contributed by atoms with van der Waals surface area (Å²) in [6, 6.07) is 17.0. The molecule has 0 unspecified atom stereocenters. The minimum absolute atomic E-state index is 0.0220. The van der Waals surface area contributed by atoms with Crippen LogP contribution >= 0.6 is 11.6 Å². The van der Waals surface area contributed by atoms with E-state index in [1.165, 1.54) is 22.7 Å². The number of pyridine rings is 1. The molecule has 0 bridgehead atoms. The molecule has 0 fully saturated rings. The van der Waals surface area contributed by atoms with Gasteiger partial charge in [-0.15, -0.1) is 0 Å². The Hall–Kier alpha value is -2.87. The maximum absolute atomic E-state index is 13.4. The first kappa shape index (κ1) is 20.4. The zero-order valence-corrected chi connectivity index (χ0v) is 17.7. The number of fused-ring (bicyclic) bond motifs is 1. The van der Waals surface area contributed by atoms with Crippen molar-refractivity contribution in [3.63, 3.8) is 0 Å². The van der Waals surface area contributed by atoms with Crippen LogP contribution in [0.5, 0.6) is 0 Å². The number of H-pyrrole nitrogens is 1. The molecule has 0 aliphatic heterocycles. The van der Waals surface area contributed by atoms with E-state index in [4.69, 9.17) is 16.0 Å². The van der Waals surface area contributed by atoms with Crippen LogP contribution in [0.3, 0.4) is 0 Å². The van der Waals surface area contributed by atoms with Gasteiger partial charge in [0.25, 0.3) is 5.56 Å². The molecule has 0 spiro atoms. The predicted molar refractivity (Wildman–Crippen MR) is 116 cm³/mol. The zero-order chi connectivity index (χ0) is 21.3. The molecule has 0 radical (unpaired) electrons. The molecule has 1 N–H and O–H groups in total. The topological polar surface area (TPSA) is 83.4 Å². The average molecular weight is 443 g/mol. The Bertz CT molecular complexity index is 1360. The second-order valence-corrected chi connectivity index (χ2v) is 9.31. The van der Waals surface area contributed by atoms with Gasteiger partial charge in [0.05, 0.1) is 17.8 Å². The van der Waals surface area contributed by atoms with Gasteiger partial charge in [-0.05, 0) is 54.8 Å². The van der Waals surface area contributed by atoms with Gasteiger partial charge >= 0.3 is 0 Å². The van der Waals surface area contributed by atoms with Gasteiger partial charge in [-0.1, -0.05) is 35.4 Å². The second-order valence-electron chi connectivity index (χ2n) is 7.00. The third kappa shape index (κ3) is 4.05. The van der Waals surface area contributed by atoms with E-state index in [9.17, 15) is 13.2 Å². The molecule has 0 saturated heterocycles. The first-order chi connectivity index (χ1) is 14.3. The molecule has 2 aromatic heterocycles. The summed E-state index contributed by atoms with van der Waals surface area (Å²) in [4.78, 5) is 15.5. The highest BCUT2D eigenvalue weighted by Crippen LogP contribution is 2.27. The average Bonchev–Trinajstić information content (AvgIpc) is 3.21. The van der Waals surface area contributed by atoms with E-state index < -0.39 is 10.0 Å². The quantitative estimate of drug-likeness (QED) is 0.477. The van der Waals surface area contributed by atoms with Gasteiger partial charge in [-0.3, -0.25) is 4.79 Å². The molecule has 154 valence electrons. The molecular weight excluding hydrogens is 424 g/mol. The molecule has 0 aliphatic rings. The van der Waals surface area contributed by atoms with Gasteiger partial charge in [-0.2, -0.15) is 4.31 Å². The van der Waals surface area contributed by atoms with Crippen molar-refractivity contribution in [3.8, 4) is 0 Å². The number of aryl methyl sites for hydroxylation is 1. The lowest BCUT2D eigenvalue weighted by molar-refractivity contribution is 0.357. The van der Waals surface area contributed by atoms with Crippen LogP contribution in [0.15, 0.2) is 81.0 Å². The zero-order valence-electron chi connectivity index (χ0n) is 16.1. The van der Waals surface area contributed by atoms with Gasteiger partial charge in [0.15, 0.2) is 0 Å². The SMILES string of the molecule is Cc1ccc2[nH]c(=O)c(CN(Cc3ccco3)S(=O)(=O)c3ccccc3Cl)cc2c1. The number of aromatic amines is 1. The highest BCUT2D eigenvalue weighted by Gasteiger charge is 2.28. The molecule has 4 rings (SSSR count). The summed E-state index contributed by atoms with van der Waals surface area (Å²) in [6.07, 6.45) is 1.47. The summed E-state index contributed by atoms with van der Waals surface area (Å²) in [5.74, 6) is 0.457. The molecular formula is C22H19ClN2O4S. The Morgan fingerprint density at radius 1 is 1.03 bits per heavy atom. The highest BCUT2D eigenvalue weighted by molar-refractivity contribution is 7.89. The van der Waals surface area contributed by atoms with E-state index in [0.717, 1.165) is 10.9 Å². The van der Waals surface area contributed by atoms with Crippen molar-refractivity contribution >= 4 is 32.5 Å². The van der Waals surface area contributed by atoms with Gasteiger partial charge in [0.2, 0.25) is 10.0 Å². The summed E-state index contributed by atoms with van der Waals surface area (Å²) in [6.45, 7) is 1.79. The Morgan fingerprint density at radius 3 is 2.57 bits per heavy atom. The third-order valence-electron chi connectivity index (χ3n) is 4.79. The normalized spacial score (nSPS) is 12.0. The first-order valence-electron chi connectivity index (χ1n) is 9.24. The fourth-order valence-electron chi connectivity index (χ4n) is 3.27. The maximum Gasteiger partial charge on any atom is 0.252 e. The largest absolute Gasteiger partial charge is 0.468 e. The number of halogens is 1. The van der Waals surface area contributed by atoms with E-state index in [0.29, 0.717) is 16.8 Å². The van der Waals surface area contributed by atoms with E-state index in [-0.39, 0.29) is 28.6 Å². The smallest absolute Gasteiger partial charge is 0.252 e. The molecule has 0 amide bonds. The number of aromatic nitrogens is 1. The van der Waals surface area contributed by atoms with Gasteiger partial charge < -0.3 is 9.40 Å². The van der Waals surface area contributed by atoms with Crippen molar-refractivity contribution in [3.05, 3.63) is 99.2 Å². The number of nitrogens with one attached hydrogen (secondary N) is 1. The third-order valence-corrected chi connectivity index (χ3v) is 7.08. The monoisotopic (exact) mass is 442 g/mol. The number of nitrogens with zero attached hydrogens (tertiary/aromatic N) is 1. The Kier molecular flexibility index (Phi) is 5.51.